The normalized spacial score (nSPS) is 19.6. The number of benzene rings is 2. The maximum Gasteiger partial charge on any atom is 0.264 e. The minimum absolute atomic E-state index is 0.00464. The second-order valence-electron chi connectivity index (χ2n) is 9.41. The molecule has 2 saturated heterocycles. The molecule has 36 heavy (non-hydrogen) atoms. The Labute approximate surface area is 213 Å². The van der Waals surface area contributed by atoms with E-state index in [-0.39, 0.29) is 37.1 Å². The molecule has 184 valence electrons. The van der Waals surface area contributed by atoms with Gasteiger partial charge >= 0.3 is 0 Å². The summed E-state index contributed by atoms with van der Waals surface area (Å²) in [6.45, 7) is 3.16. The molecule has 3 aromatic rings. The number of pyridine rings is 1. The zero-order chi connectivity index (χ0) is 24.8. The van der Waals surface area contributed by atoms with Crippen LogP contribution in [0.1, 0.15) is 24.0 Å². The first kappa shape index (κ1) is 22.9. The number of nitrogens with one attached hydrogen (secondary N) is 1. The number of hydrogen-bond donors (Lipinski definition) is 1. The smallest absolute Gasteiger partial charge is 0.264 e. The molecule has 2 fully saturated rings. The zero-order valence-corrected chi connectivity index (χ0v) is 20.4. The minimum Gasteiger partial charge on any atom is -0.479 e. The number of carbonyl (C=O) groups excluding carboxylic acids is 3. The third-order valence-corrected chi connectivity index (χ3v) is 7.31. The van der Waals surface area contributed by atoms with Crippen molar-refractivity contribution < 1.29 is 19.1 Å². The molecule has 0 spiro atoms. The highest BCUT2D eigenvalue weighted by Crippen LogP contribution is 2.43. The molecule has 4 heterocycles. The molecule has 8 nitrogen and oxygen atoms in total. The van der Waals surface area contributed by atoms with Crippen molar-refractivity contribution in [2.75, 3.05) is 26.2 Å². The number of piperazine rings is 1. The van der Waals surface area contributed by atoms with E-state index < -0.39 is 6.10 Å². The number of hydrogen-bond acceptors (Lipinski definition) is 6. The van der Waals surface area contributed by atoms with Crippen LogP contribution in [0.15, 0.2) is 42.6 Å². The molecular formula is C27H25ClN4O4. The predicted molar refractivity (Wildman–Crippen MR) is 135 cm³/mol. The van der Waals surface area contributed by atoms with E-state index >= 15 is 0 Å². The van der Waals surface area contributed by atoms with Crippen LogP contribution < -0.4 is 10.1 Å². The Morgan fingerprint density at radius 2 is 1.83 bits per heavy atom. The Bertz CT molecular complexity index is 1390. The van der Waals surface area contributed by atoms with Gasteiger partial charge in [0.1, 0.15) is 5.75 Å². The third-order valence-electron chi connectivity index (χ3n) is 7.09. The van der Waals surface area contributed by atoms with Crippen molar-refractivity contribution in [3.8, 4) is 16.9 Å². The van der Waals surface area contributed by atoms with Gasteiger partial charge in [0.25, 0.3) is 5.91 Å². The molecule has 1 aromatic heterocycles. The van der Waals surface area contributed by atoms with Crippen LogP contribution in [0.5, 0.6) is 5.75 Å². The first-order valence-corrected chi connectivity index (χ1v) is 12.6. The van der Waals surface area contributed by atoms with E-state index in [0.717, 1.165) is 46.2 Å². The van der Waals surface area contributed by atoms with Crippen molar-refractivity contribution >= 4 is 40.2 Å². The first-order valence-electron chi connectivity index (χ1n) is 12.2. The topological polar surface area (TPSA) is 91.8 Å². The fraction of sp³-hybridized carbons (Fsp3) is 0.333. The van der Waals surface area contributed by atoms with Crippen LogP contribution in [0.3, 0.4) is 0 Å². The quantitative estimate of drug-likeness (QED) is 0.549. The van der Waals surface area contributed by atoms with Crippen LogP contribution in [-0.2, 0) is 27.3 Å². The summed E-state index contributed by atoms with van der Waals surface area (Å²) in [5.74, 6) is 0.402. The zero-order valence-electron chi connectivity index (χ0n) is 19.6. The summed E-state index contributed by atoms with van der Waals surface area (Å²) in [6, 6.07) is 11.4. The Morgan fingerprint density at radius 1 is 1.06 bits per heavy atom. The molecule has 0 aliphatic carbocycles. The Balaban J connectivity index is 1.33. The molecule has 3 aliphatic rings. The third kappa shape index (κ3) is 4.10. The standard InChI is InChI=1S/C27H25ClN4O4/c28-18-12-17-13-23(27(35)31-9-7-29-8-10-31)36-26(17)21(14-18)19-5-6-30-22-11-16(1-2-20(19)22)15-32-24(33)3-4-25(32)34/h1-2,5-6,11-12,14,23,29H,3-4,7-10,13,15H2. The van der Waals surface area contributed by atoms with Gasteiger partial charge in [0.2, 0.25) is 11.8 Å². The van der Waals surface area contributed by atoms with Gasteiger partial charge in [-0.1, -0.05) is 23.7 Å². The highest BCUT2D eigenvalue weighted by Gasteiger charge is 2.35. The fourth-order valence-electron chi connectivity index (χ4n) is 5.26. The fourth-order valence-corrected chi connectivity index (χ4v) is 5.50. The predicted octanol–water partition coefficient (Wildman–Crippen LogP) is 2.94. The van der Waals surface area contributed by atoms with Gasteiger partial charge in [0, 0.05) is 73.2 Å². The summed E-state index contributed by atoms with van der Waals surface area (Å²) >= 11 is 6.51. The highest BCUT2D eigenvalue weighted by atomic mass is 35.5. The van der Waals surface area contributed by atoms with E-state index in [9.17, 15) is 14.4 Å². The van der Waals surface area contributed by atoms with Gasteiger partial charge in [-0.15, -0.1) is 0 Å². The van der Waals surface area contributed by atoms with E-state index in [2.05, 4.69) is 10.3 Å². The Kier molecular flexibility index (Phi) is 5.85. The van der Waals surface area contributed by atoms with Crippen molar-refractivity contribution in [3.63, 3.8) is 0 Å². The van der Waals surface area contributed by atoms with E-state index in [1.807, 2.05) is 41.3 Å². The minimum atomic E-state index is -0.564. The van der Waals surface area contributed by atoms with E-state index in [4.69, 9.17) is 16.3 Å². The molecular weight excluding hydrogens is 480 g/mol. The number of nitrogens with zero attached hydrogens (tertiary/aromatic N) is 3. The number of amides is 3. The molecule has 0 saturated carbocycles. The van der Waals surface area contributed by atoms with E-state index in [1.54, 1.807) is 6.20 Å². The number of likely N-dealkylation sites (tertiary alicyclic amines) is 1. The SMILES string of the molecule is O=C(C1Cc2cc(Cl)cc(-c3ccnc4cc(CN5C(=O)CCC5=O)ccc34)c2O1)N1CCNCC1. The molecule has 0 radical (unpaired) electrons. The van der Waals surface area contributed by atoms with Crippen molar-refractivity contribution in [3.05, 3.63) is 58.7 Å². The number of carbonyl (C=O) groups is 3. The van der Waals surface area contributed by atoms with Crippen molar-refractivity contribution in [2.24, 2.45) is 0 Å². The van der Waals surface area contributed by atoms with Gasteiger partial charge in [-0.05, 0) is 35.4 Å². The van der Waals surface area contributed by atoms with Crippen LogP contribution in [0, 0.1) is 0 Å². The van der Waals surface area contributed by atoms with Crippen molar-refractivity contribution in [1.82, 2.24) is 20.1 Å². The lowest BCUT2D eigenvalue weighted by atomic mass is 9.97. The maximum absolute atomic E-state index is 13.1. The Hall–Kier alpha value is -3.49. The summed E-state index contributed by atoms with van der Waals surface area (Å²) in [5, 5.41) is 4.74. The lowest BCUT2D eigenvalue weighted by Crippen LogP contribution is -2.50. The maximum atomic E-state index is 13.1. The number of halogens is 1. The van der Waals surface area contributed by atoms with Gasteiger partial charge in [-0.2, -0.15) is 0 Å². The molecule has 3 amide bonds. The highest BCUT2D eigenvalue weighted by molar-refractivity contribution is 6.31. The van der Waals surface area contributed by atoms with Gasteiger partial charge < -0.3 is 15.0 Å². The Morgan fingerprint density at radius 3 is 2.61 bits per heavy atom. The number of aromatic nitrogens is 1. The largest absolute Gasteiger partial charge is 0.479 e. The summed E-state index contributed by atoms with van der Waals surface area (Å²) in [6.07, 6.45) is 2.18. The van der Waals surface area contributed by atoms with Gasteiger partial charge in [-0.25, -0.2) is 0 Å². The second kappa shape index (κ2) is 9.19. The molecule has 1 N–H and O–H groups in total. The summed E-state index contributed by atoms with van der Waals surface area (Å²) in [5.41, 5.74) is 4.21. The molecule has 6 rings (SSSR count). The van der Waals surface area contributed by atoms with Crippen LogP contribution in [0.25, 0.3) is 22.0 Å². The average molecular weight is 505 g/mol. The first-order chi connectivity index (χ1) is 17.5. The monoisotopic (exact) mass is 504 g/mol. The molecule has 1 atom stereocenters. The number of imide groups is 1. The lowest BCUT2D eigenvalue weighted by Gasteiger charge is -2.29. The number of ether oxygens (including phenoxy) is 1. The number of rotatable bonds is 4. The van der Waals surface area contributed by atoms with Crippen LogP contribution in [-0.4, -0.2) is 64.8 Å². The van der Waals surface area contributed by atoms with Gasteiger partial charge in [0.05, 0.1) is 12.1 Å². The van der Waals surface area contributed by atoms with Gasteiger partial charge in [-0.3, -0.25) is 24.3 Å². The van der Waals surface area contributed by atoms with Crippen molar-refractivity contribution in [1.29, 1.82) is 0 Å². The van der Waals surface area contributed by atoms with Crippen molar-refractivity contribution in [2.45, 2.75) is 31.9 Å². The molecule has 1 unspecified atom stereocenters. The second-order valence-corrected chi connectivity index (χ2v) is 9.85. The summed E-state index contributed by atoms with van der Waals surface area (Å²) < 4.78 is 6.28. The molecule has 0 bridgehead atoms. The average Bonchev–Trinajstić information content (AvgIpc) is 3.46. The summed E-state index contributed by atoms with van der Waals surface area (Å²) in [7, 11) is 0. The van der Waals surface area contributed by atoms with Crippen LogP contribution >= 0.6 is 11.6 Å². The number of fused-ring (bicyclic) bond motifs is 2. The van der Waals surface area contributed by atoms with E-state index in [0.29, 0.717) is 30.3 Å². The molecule has 3 aliphatic heterocycles. The molecule has 2 aromatic carbocycles. The molecule has 9 heteroatoms. The van der Waals surface area contributed by atoms with E-state index in [1.165, 1.54) is 4.90 Å². The van der Waals surface area contributed by atoms with Crippen LogP contribution in [0.2, 0.25) is 5.02 Å². The van der Waals surface area contributed by atoms with Gasteiger partial charge in [0.15, 0.2) is 6.10 Å². The summed E-state index contributed by atoms with van der Waals surface area (Å²) in [4.78, 5) is 44.9. The lowest BCUT2D eigenvalue weighted by molar-refractivity contribution is -0.139. The van der Waals surface area contributed by atoms with Crippen LogP contribution in [0.4, 0.5) is 0 Å².